The number of hydrogen-bond donors (Lipinski definition) is 1. The van der Waals surface area contributed by atoms with Gasteiger partial charge in [0.05, 0.1) is 5.54 Å². The maximum atomic E-state index is 11.5. The number of hydrogen-bond acceptors (Lipinski definition) is 3. The number of nitrogens with one attached hydrogen (secondary N) is 1. The number of carbonyl (C=O) groups excluding carboxylic acids is 2. The summed E-state index contributed by atoms with van der Waals surface area (Å²) in [6, 6.07) is 30.5. The lowest BCUT2D eigenvalue weighted by atomic mass is 9.77. The zero-order valence-electron chi connectivity index (χ0n) is 16.6. The van der Waals surface area contributed by atoms with Crippen molar-refractivity contribution >= 4 is 43.9 Å². The largest absolute Gasteiger partial charge is 0.300 e. The molecule has 0 saturated heterocycles. The second-order valence-corrected chi connectivity index (χ2v) is 8.07. The molecular formula is C25H25Br2NO2. The third-order valence-electron chi connectivity index (χ3n) is 4.58. The van der Waals surface area contributed by atoms with E-state index in [0.717, 1.165) is 27.4 Å². The maximum Gasteiger partial charge on any atom is 0.196 e. The Morgan fingerprint density at radius 2 is 1.10 bits per heavy atom. The summed E-state index contributed by atoms with van der Waals surface area (Å²) in [6.07, 6.45) is 0.550. The van der Waals surface area contributed by atoms with E-state index in [-0.39, 0.29) is 6.42 Å². The van der Waals surface area contributed by atoms with E-state index in [9.17, 15) is 9.59 Å². The molecule has 0 aliphatic heterocycles. The summed E-state index contributed by atoms with van der Waals surface area (Å²) in [5.74, 6) is -0.402. The van der Waals surface area contributed by atoms with E-state index in [2.05, 4.69) is 73.6 Å². The highest BCUT2D eigenvalue weighted by Crippen LogP contribution is 2.36. The Morgan fingerprint density at radius 3 is 1.40 bits per heavy atom. The van der Waals surface area contributed by atoms with Crippen molar-refractivity contribution in [1.29, 1.82) is 0 Å². The Labute approximate surface area is 195 Å². The molecule has 0 unspecified atom stereocenters. The molecule has 0 aromatic heterocycles. The molecule has 0 heterocycles. The molecule has 0 bridgehead atoms. The number of carbonyl (C=O) groups is 2. The van der Waals surface area contributed by atoms with Gasteiger partial charge in [-0.3, -0.25) is 14.9 Å². The Bertz CT molecular complexity index is 788. The van der Waals surface area contributed by atoms with Crippen molar-refractivity contribution in [2.75, 3.05) is 17.2 Å². The zero-order valence-corrected chi connectivity index (χ0v) is 19.8. The fourth-order valence-corrected chi connectivity index (χ4v) is 3.30. The second kappa shape index (κ2) is 13.3. The van der Waals surface area contributed by atoms with Gasteiger partial charge in [-0.25, -0.2) is 0 Å². The topological polar surface area (TPSA) is 46.2 Å². The summed E-state index contributed by atoms with van der Waals surface area (Å²) in [7, 11) is 0. The highest BCUT2D eigenvalue weighted by Gasteiger charge is 2.35. The Balaban J connectivity index is 0.000000735. The average Bonchev–Trinajstić information content (AvgIpc) is 2.83. The summed E-state index contributed by atoms with van der Waals surface area (Å²) in [5.41, 5.74) is 2.63. The number of Topliss-reactive ketones (excluding diaryl/α,β-unsaturated/α-hetero) is 1. The minimum Gasteiger partial charge on any atom is -0.300 e. The molecule has 0 atom stereocenters. The number of alkyl halides is 2. The fourth-order valence-electron chi connectivity index (χ4n) is 3.30. The molecule has 5 heteroatoms. The molecule has 1 N–H and O–H groups in total. The average molecular weight is 531 g/mol. The van der Waals surface area contributed by atoms with Crippen LogP contribution in [0.2, 0.25) is 0 Å². The van der Waals surface area contributed by atoms with Gasteiger partial charge < -0.3 is 0 Å². The van der Waals surface area contributed by atoms with Gasteiger partial charge in [0, 0.05) is 23.6 Å². The first kappa shape index (κ1) is 24.2. The first-order valence-corrected chi connectivity index (χ1v) is 11.9. The summed E-state index contributed by atoms with van der Waals surface area (Å²) < 4.78 is 0. The van der Waals surface area contributed by atoms with Crippen LogP contribution >= 0.6 is 31.9 Å². The highest BCUT2D eigenvalue weighted by atomic mass is 79.9. The van der Waals surface area contributed by atoms with Crippen LogP contribution in [0.3, 0.4) is 0 Å². The first-order chi connectivity index (χ1) is 14.7. The zero-order chi connectivity index (χ0) is 21.7. The molecule has 3 aromatic rings. The lowest BCUT2D eigenvalue weighted by Crippen LogP contribution is -2.45. The van der Waals surface area contributed by atoms with Crippen LogP contribution in [0.15, 0.2) is 91.0 Å². The van der Waals surface area contributed by atoms with E-state index in [4.69, 9.17) is 0 Å². The van der Waals surface area contributed by atoms with Crippen LogP contribution in [0.5, 0.6) is 0 Å². The molecular weight excluding hydrogens is 506 g/mol. The summed E-state index contributed by atoms with van der Waals surface area (Å²) in [5, 5.41) is 5.66. The van der Waals surface area contributed by atoms with Crippen LogP contribution in [0.1, 0.15) is 23.1 Å². The van der Waals surface area contributed by atoms with Crippen LogP contribution in [-0.4, -0.2) is 29.3 Å². The minimum atomic E-state index is -0.604. The predicted molar refractivity (Wildman–Crippen MR) is 130 cm³/mol. The van der Waals surface area contributed by atoms with E-state index in [1.54, 1.807) is 0 Å². The van der Waals surface area contributed by atoms with Gasteiger partial charge in [-0.1, -0.05) is 123 Å². The van der Waals surface area contributed by atoms with Crippen LogP contribution in [-0.2, 0) is 15.1 Å². The SMILES string of the molecule is BrCCBr.O=CC(=O)CCNC(c1ccccc1)(c1ccccc1)c1ccccc1. The lowest BCUT2D eigenvalue weighted by molar-refractivity contribution is -0.129. The van der Waals surface area contributed by atoms with Crippen LogP contribution in [0.25, 0.3) is 0 Å². The van der Waals surface area contributed by atoms with Crippen molar-refractivity contribution in [3.05, 3.63) is 108 Å². The number of ketones is 1. The first-order valence-electron chi connectivity index (χ1n) is 9.70. The van der Waals surface area contributed by atoms with Crippen LogP contribution < -0.4 is 5.32 Å². The summed E-state index contributed by atoms with van der Waals surface area (Å²) in [6.45, 7) is 0.399. The van der Waals surface area contributed by atoms with Gasteiger partial charge in [-0.15, -0.1) is 0 Å². The second-order valence-electron chi connectivity index (χ2n) is 6.49. The van der Waals surface area contributed by atoms with Crippen molar-refractivity contribution in [3.63, 3.8) is 0 Å². The highest BCUT2D eigenvalue weighted by molar-refractivity contribution is 9.11. The maximum absolute atomic E-state index is 11.5. The Hall–Kier alpha value is -2.08. The van der Waals surface area contributed by atoms with Gasteiger partial charge in [-0.2, -0.15) is 0 Å². The van der Waals surface area contributed by atoms with Crippen molar-refractivity contribution in [3.8, 4) is 0 Å². The number of halogens is 2. The lowest BCUT2D eigenvalue weighted by Gasteiger charge is -2.37. The van der Waals surface area contributed by atoms with Crippen molar-refractivity contribution in [2.45, 2.75) is 12.0 Å². The van der Waals surface area contributed by atoms with Gasteiger partial charge in [0.2, 0.25) is 0 Å². The van der Waals surface area contributed by atoms with Gasteiger partial charge in [-0.05, 0) is 16.7 Å². The number of aldehydes is 1. The van der Waals surface area contributed by atoms with E-state index in [1.165, 1.54) is 0 Å². The summed E-state index contributed by atoms with van der Waals surface area (Å²) >= 11 is 6.40. The molecule has 0 aliphatic carbocycles. The van der Waals surface area contributed by atoms with E-state index in [1.807, 2.05) is 54.6 Å². The van der Waals surface area contributed by atoms with Crippen molar-refractivity contribution < 1.29 is 9.59 Å². The van der Waals surface area contributed by atoms with Gasteiger partial charge in [0.1, 0.15) is 0 Å². The third-order valence-corrected chi connectivity index (χ3v) is 6.44. The van der Waals surface area contributed by atoms with Crippen LogP contribution in [0, 0.1) is 0 Å². The standard InChI is InChI=1S/C23H21NO2.C2H4Br2/c25-18-22(26)16-17-24-23(19-10-4-1-5-11-19,20-12-6-2-7-13-20)21-14-8-3-9-15-21;3-1-2-4/h1-15,18,24H,16-17H2;1-2H2. The normalized spacial score (nSPS) is 10.6. The smallest absolute Gasteiger partial charge is 0.196 e. The molecule has 0 amide bonds. The molecule has 156 valence electrons. The van der Waals surface area contributed by atoms with Gasteiger partial charge >= 0.3 is 0 Å². The van der Waals surface area contributed by atoms with E-state index < -0.39 is 11.3 Å². The van der Waals surface area contributed by atoms with Gasteiger partial charge in [0.15, 0.2) is 12.1 Å². The van der Waals surface area contributed by atoms with Crippen LogP contribution in [0.4, 0.5) is 0 Å². The molecule has 3 nitrogen and oxygen atoms in total. The molecule has 0 fully saturated rings. The minimum absolute atomic E-state index is 0.164. The number of benzene rings is 3. The van der Waals surface area contributed by atoms with Crippen molar-refractivity contribution in [2.24, 2.45) is 0 Å². The molecule has 3 aromatic carbocycles. The molecule has 30 heavy (non-hydrogen) atoms. The monoisotopic (exact) mass is 529 g/mol. The third kappa shape index (κ3) is 6.46. The van der Waals surface area contributed by atoms with Gasteiger partial charge in [0.25, 0.3) is 0 Å². The Kier molecular flexibility index (Phi) is 10.7. The van der Waals surface area contributed by atoms with E-state index >= 15 is 0 Å². The fraction of sp³-hybridized carbons (Fsp3) is 0.200. The Morgan fingerprint density at radius 1 is 0.733 bits per heavy atom. The predicted octanol–water partition coefficient (Wildman–Crippen LogP) is 5.50. The molecule has 0 aliphatic rings. The molecule has 0 radical (unpaired) electrons. The quantitative estimate of drug-likeness (QED) is 0.172. The molecule has 3 rings (SSSR count). The summed E-state index contributed by atoms with van der Waals surface area (Å²) in [4.78, 5) is 22.2. The number of rotatable bonds is 9. The van der Waals surface area contributed by atoms with Crippen molar-refractivity contribution in [1.82, 2.24) is 5.32 Å². The molecule has 0 spiro atoms. The van der Waals surface area contributed by atoms with E-state index in [0.29, 0.717) is 12.8 Å². The molecule has 0 saturated carbocycles.